The van der Waals surface area contributed by atoms with E-state index in [0.717, 1.165) is 22.9 Å². The Morgan fingerprint density at radius 3 is 3.05 bits per heavy atom. The summed E-state index contributed by atoms with van der Waals surface area (Å²) >= 11 is 8.79. The Balaban J connectivity index is 1.95. The van der Waals surface area contributed by atoms with Gasteiger partial charge in [-0.15, -0.1) is 0 Å². The van der Waals surface area contributed by atoms with Crippen LogP contribution in [0.2, 0.25) is 0 Å². The van der Waals surface area contributed by atoms with Crippen molar-refractivity contribution in [2.45, 2.75) is 30.6 Å². The number of carbonyl (C=O) groups excluding carboxylic acids is 1. The molecule has 1 aromatic carbocycles. The van der Waals surface area contributed by atoms with Gasteiger partial charge in [-0.25, -0.2) is 0 Å². The van der Waals surface area contributed by atoms with E-state index in [1.54, 1.807) is 7.05 Å². The van der Waals surface area contributed by atoms with Crippen LogP contribution in [-0.2, 0) is 15.1 Å². The number of thiocarbonyl (C=S) groups is 1. The normalized spacial score (nSPS) is 33.3. The van der Waals surface area contributed by atoms with Crippen LogP contribution in [-0.4, -0.2) is 41.8 Å². The Hall–Kier alpha value is -1.18. The van der Waals surface area contributed by atoms with Crippen molar-refractivity contribution < 1.29 is 14.3 Å². The second kappa shape index (κ2) is 4.91. The third kappa shape index (κ3) is 1.79. The molecule has 2 fully saturated rings. The van der Waals surface area contributed by atoms with Crippen LogP contribution in [0.5, 0.6) is 5.75 Å². The standard InChI is InChI=1S/C15H15BrN2O3S/c1-18-13(19)15(17-14(18)22)9-7-8(16)4-5-10(9)21-11-3-2-6-20-12(11)15/h4-5,7,11-12H,2-3,6H2,1H3,(H,17,22)/t11-,12+,15+/m0/s1. The summed E-state index contributed by atoms with van der Waals surface area (Å²) in [5, 5.41) is 3.66. The van der Waals surface area contributed by atoms with Crippen molar-refractivity contribution in [3.63, 3.8) is 0 Å². The Bertz CT molecular complexity index is 683. The van der Waals surface area contributed by atoms with E-state index in [1.807, 2.05) is 18.2 Å². The summed E-state index contributed by atoms with van der Waals surface area (Å²) in [5.74, 6) is 0.631. The number of hydrogen-bond donors (Lipinski definition) is 1. The summed E-state index contributed by atoms with van der Waals surface area (Å²) < 4.78 is 13.0. The van der Waals surface area contributed by atoms with E-state index >= 15 is 0 Å². The van der Waals surface area contributed by atoms with Crippen LogP contribution >= 0.6 is 28.1 Å². The molecule has 3 atom stereocenters. The van der Waals surface area contributed by atoms with Gasteiger partial charge in [0, 0.05) is 23.7 Å². The highest BCUT2D eigenvalue weighted by Crippen LogP contribution is 2.47. The SMILES string of the molecule is CN1C(=O)[C@@]2(NC1=S)c1cc(Br)ccc1O[C@H]1CCCO[C@H]12. The summed E-state index contributed by atoms with van der Waals surface area (Å²) in [6, 6.07) is 5.72. The molecule has 116 valence electrons. The molecule has 1 spiro atoms. The first kappa shape index (κ1) is 14.4. The lowest BCUT2D eigenvalue weighted by atomic mass is 9.77. The van der Waals surface area contributed by atoms with Crippen molar-refractivity contribution in [2.24, 2.45) is 0 Å². The van der Waals surface area contributed by atoms with Crippen molar-refractivity contribution in [1.29, 1.82) is 0 Å². The third-order valence-electron chi connectivity index (χ3n) is 4.59. The molecule has 4 rings (SSSR count). The molecule has 5 nitrogen and oxygen atoms in total. The smallest absolute Gasteiger partial charge is 0.261 e. The van der Waals surface area contributed by atoms with Crippen LogP contribution in [0.3, 0.4) is 0 Å². The second-order valence-corrected chi connectivity index (χ2v) is 7.14. The van der Waals surface area contributed by atoms with Gasteiger partial charge in [-0.3, -0.25) is 9.69 Å². The van der Waals surface area contributed by atoms with Gasteiger partial charge in [0.25, 0.3) is 5.91 Å². The molecule has 0 aromatic heterocycles. The predicted octanol–water partition coefficient (Wildman–Crippen LogP) is 1.93. The number of benzene rings is 1. The number of nitrogens with one attached hydrogen (secondary N) is 1. The molecular weight excluding hydrogens is 368 g/mol. The van der Waals surface area contributed by atoms with Gasteiger partial charge >= 0.3 is 0 Å². The fraction of sp³-hybridized carbons (Fsp3) is 0.467. The average Bonchev–Trinajstić information content (AvgIpc) is 2.74. The van der Waals surface area contributed by atoms with Crippen LogP contribution in [0.15, 0.2) is 22.7 Å². The molecule has 0 bridgehead atoms. The number of fused-ring (bicyclic) bond motifs is 4. The summed E-state index contributed by atoms with van der Waals surface area (Å²) in [4.78, 5) is 14.5. The highest BCUT2D eigenvalue weighted by molar-refractivity contribution is 9.10. The zero-order valence-corrected chi connectivity index (χ0v) is 14.4. The first-order valence-corrected chi connectivity index (χ1v) is 8.43. The first-order chi connectivity index (χ1) is 10.5. The van der Waals surface area contributed by atoms with Gasteiger partial charge in [0.15, 0.2) is 10.7 Å². The third-order valence-corrected chi connectivity index (χ3v) is 5.46. The number of hydrogen-bond acceptors (Lipinski definition) is 4. The van der Waals surface area contributed by atoms with Crippen molar-refractivity contribution in [3.05, 3.63) is 28.2 Å². The minimum Gasteiger partial charge on any atom is -0.487 e. The number of amides is 1. The van der Waals surface area contributed by atoms with E-state index in [1.165, 1.54) is 4.90 Å². The maximum absolute atomic E-state index is 13.0. The summed E-state index contributed by atoms with van der Waals surface area (Å²) in [7, 11) is 1.69. The zero-order chi connectivity index (χ0) is 15.5. The van der Waals surface area contributed by atoms with Gasteiger partial charge in [-0.05, 0) is 43.3 Å². The minimum atomic E-state index is -0.992. The summed E-state index contributed by atoms with van der Waals surface area (Å²) in [6.45, 7) is 0.626. The molecule has 22 heavy (non-hydrogen) atoms. The number of nitrogens with zero attached hydrogens (tertiary/aromatic N) is 1. The van der Waals surface area contributed by atoms with Gasteiger partial charge in [0.2, 0.25) is 0 Å². The number of ether oxygens (including phenoxy) is 2. The lowest BCUT2D eigenvalue weighted by molar-refractivity contribution is -0.153. The van der Waals surface area contributed by atoms with E-state index in [-0.39, 0.29) is 18.1 Å². The molecule has 0 aliphatic carbocycles. The maximum atomic E-state index is 13.0. The van der Waals surface area contributed by atoms with Crippen LogP contribution in [0.1, 0.15) is 18.4 Å². The van der Waals surface area contributed by atoms with Crippen LogP contribution in [0.25, 0.3) is 0 Å². The number of rotatable bonds is 0. The van der Waals surface area contributed by atoms with Crippen LogP contribution in [0.4, 0.5) is 0 Å². The van der Waals surface area contributed by atoms with Gasteiger partial charge in [0.05, 0.1) is 0 Å². The topological polar surface area (TPSA) is 50.8 Å². The van der Waals surface area contributed by atoms with Crippen molar-refractivity contribution in [1.82, 2.24) is 10.2 Å². The van der Waals surface area contributed by atoms with E-state index in [2.05, 4.69) is 21.2 Å². The zero-order valence-electron chi connectivity index (χ0n) is 12.0. The molecule has 3 heterocycles. The van der Waals surface area contributed by atoms with E-state index in [9.17, 15) is 4.79 Å². The highest BCUT2D eigenvalue weighted by Gasteiger charge is 2.62. The molecule has 3 aliphatic rings. The molecule has 0 saturated carbocycles. The lowest BCUT2D eigenvalue weighted by Gasteiger charge is -2.46. The Kier molecular flexibility index (Phi) is 3.22. The lowest BCUT2D eigenvalue weighted by Crippen LogP contribution is -2.63. The maximum Gasteiger partial charge on any atom is 0.261 e. The van der Waals surface area contributed by atoms with Gasteiger partial charge in [-0.1, -0.05) is 15.9 Å². The molecule has 1 aromatic rings. The van der Waals surface area contributed by atoms with Gasteiger partial charge in [0.1, 0.15) is 18.0 Å². The minimum absolute atomic E-state index is 0.0861. The monoisotopic (exact) mass is 382 g/mol. The predicted molar refractivity (Wildman–Crippen MR) is 87.7 cm³/mol. The summed E-state index contributed by atoms with van der Waals surface area (Å²) in [5.41, 5.74) is -0.212. The molecular formula is C15H15BrN2O3S. The average molecular weight is 383 g/mol. The van der Waals surface area contributed by atoms with Gasteiger partial charge in [-0.2, -0.15) is 0 Å². The fourth-order valence-corrected chi connectivity index (χ4v) is 4.15. The van der Waals surface area contributed by atoms with Gasteiger partial charge < -0.3 is 14.8 Å². The van der Waals surface area contributed by atoms with E-state index in [0.29, 0.717) is 17.5 Å². The molecule has 0 radical (unpaired) electrons. The van der Waals surface area contributed by atoms with Crippen LogP contribution < -0.4 is 10.1 Å². The van der Waals surface area contributed by atoms with E-state index in [4.69, 9.17) is 21.7 Å². The van der Waals surface area contributed by atoms with Crippen molar-refractivity contribution >= 4 is 39.2 Å². The molecule has 0 unspecified atom stereocenters. The summed E-state index contributed by atoms with van der Waals surface area (Å²) in [6.07, 6.45) is 1.27. The number of halogens is 1. The fourth-order valence-electron chi connectivity index (χ4n) is 3.55. The van der Waals surface area contributed by atoms with Crippen LogP contribution in [0, 0.1) is 0 Å². The molecule has 2 saturated heterocycles. The molecule has 1 amide bonds. The van der Waals surface area contributed by atoms with Crippen molar-refractivity contribution in [2.75, 3.05) is 13.7 Å². The number of likely N-dealkylation sites (N-methyl/N-ethyl adjacent to an activating group) is 1. The molecule has 1 N–H and O–H groups in total. The first-order valence-electron chi connectivity index (χ1n) is 7.22. The highest BCUT2D eigenvalue weighted by atomic mass is 79.9. The Morgan fingerprint density at radius 1 is 1.50 bits per heavy atom. The van der Waals surface area contributed by atoms with Crippen molar-refractivity contribution in [3.8, 4) is 5.75 Å². The Morgan fingerprint density at radius 2 is 2.32 bits per heavy atom. The Labute approximate surface area is 142 Å². The molecule has 7 heteroatoms. The largest absolute Gasteiger partial charge is 0.487 e. The second-order valence-electron chi connectivity index (χ2n) is 5.83. The quantitative estimate of drug-likeness (QED) is 0.694. The van der Waals surface area contributed by atoms with E-state index < -0.39 is 5.54 Å². The number of carbonyl (C=O) groups is 1. The molecule has 3 aliphatic heterocycles.